The molecule has 632 valence electrons. The molecular weight excluding hydrogens is 1520 g/mol. The molecule has 10 N–H and O–H groups in total. The number of hydrogen-bond acceptors (Lipinski definition) is 30. The summed E-state index contributed by atoms with van der Waals surface area (Å²) in [6.45, 7) is 13.2. The molecule has 3 aliphatic heterocycles. The smallest absolute Gasteiger partial charge is 0.336 e. The number of amides is 2. The fraction of sp³-hybridized carbons (Fsp3) is 0.557. The van der Waals surface area contributed by atoms with Crippen molar-refractivity contribution in [2.45, 2.75) is 76.0 Å². The van der Waals surface area contributed by atoms with Gasteiger partial charge < -0.3 is 118 Å². The number of phenols is 1. The number of rotatable bonds is 67. The van der Waals surface area contributed by atoms with Crippen LogP contribution in [-0.4, -0.2) is 303 Å². The Morgan fingerprint density at radius 3 is 1.51 bits per heavy atom. The third-order valence-corrected chi connectivity index (χ3v) is 17.3. The number of hydrogen-bond donors (Lipinski definition) is 9. The molecule has 0 saturated carbocycles. The molecule has 35 nitrogen and oxygen atoms in total. The van der Waals surface area contributed by atoms with Crippen molar-refractivity contribution in [3.8, 4) is 28.2 Å². The van der Waals surface area contributed by atoms with E-state index in [1.165, 1.54) is 36.5 Å². The zero-order valence-electron chi connectivity index (χ0n) is 64.9. The number of fused-ring (bicyclic) bond motifs is 3. The maximum absolute atomic E-state index is 12.9. The highest BCUT2D eigenvalue weighted by Crippen LogP contribution is 2.42. The molecule has 115 heavy (non-hydrogen) atoms. The average molecular weight is 1630 g/mol. The Hall–Kier alpha value is -8.93. The van der Waals surface area contributed by atoms with Crippen molar-refractivity contribution in [2.75, 3.05) is 222 Å². The van der Waals surface area contributed by atoms with Crippen LogP contribution >= 0.6 is 12.2 Å². The molecule has 0 aromatic heterocycles. The number of aromatic hydroxyl groups is 1. The van der Waals surface area contributed by atoms with E-state index >= 15 is 0 Å². The monoisotopic (exact) mass is 1630 g/mol. The Morgan fingerprint density at radius 1 is 0.522 bits per heavy atom. The number of nitrogens with two attached hydrogens (primary N) is 1. The molecule has 0 saturated heterocycles. The number of guanidine groups is 1. The lowest BCUT2D eigenvalue weighted by Crippen LogP contribution is -2.52. The van der Waals surface area contributed by atoms with Gasteiger partial charge in [0.05, 0.1) is 203 Å². The predicted octanol–water partition coefficient (Wildman–Crippen LogP) is 5.11. The van der Waals surface area contributed by atoms with Crippen molar-refractivity contribution in [1.82, 2.24) is 16.0 Å². The van der Waals surface area contributed by atoms with Crippen LogP contribution in [0.1, 0.15) is 78.5 Å². The second-order valence-electron chi connectivity index (χ2n) is 25.8. The van der Waals surface area contributed by atoms with Gasteiger partial charge >= 0.3 is 11.9 Å². The summed E-state index contributed by atoms with van der Waals surface area (Å²) in [5, 5.41) is 45.1. The molecule has 7 rings (SSSR count). The van der Waals surface area contributed by atoms with E-state index in [1.54, 1.807) is 48.5 Å². The highest BCUT2D eigenvalue weighted by molar-refractivity contribution is 7.80. The average Bonchev–Trinajstić information content (AvgIpc) is 0.748. The third-order valence-electron chi connectivity index (χ3n) is 17.0. The quantitative estimate of drug-likeness (QED) is 0.0139. The van der Waals surface area contributed by atoms with Gasteiger partial charge in [0, 0.05) is 97.2 Å². The summed E-state index contributed by atoms with van der Waals surface area (Å²) in [6.07, 6.45) is 4.58. The molecule has 0 radical (unpaired) electrons. The molecule has 3 atom stereocenters. The number of carbonyl (C=O) groups excluding carboxylic acids is 4. The van der Waals surface area contributed by atoms with E-state index in [0.29, 0.717) is 275 Å². The number of aromatic carboxylic acids is 1. The van der Waals surface area contributed by atoms with Gasteiger partial charge in [0.2, 0.25) is 0 Å². The summed E-state index contributed by atoms with van der Waals surface area (Å²) in [7, 11) is 0. The lowest BCUT2D eigenvalue weighted by molar-refractivity contribution is -0.139. The SMILES string of the molecule is NC1=NC2N=CC(CNc3ccc(C(=O)N[C@@H](CCC(=O)CCCCOCCOCCOCCCCC(=O)CCOCCOCCOCCOCCOCCOCCOCCOCCOCCOCCOCCOCCNC(=S)Nc4ccc(-c5c6ccc(=O)cc-6oc6cc(O)ccc56)c(C(=O)O)c4)C(=O)O)cc3)=NC2C(=O)N1. The zero-order chi connectivity index (χ0) is 81.7. The van der Waals surface area contributed by atoms with Crippen LogP contribution in [0.3, 0.4) is 0 Å². The number of benzene rings is 4. The van der Waals surface area contributed by atoms with E-state index in [2.05, 4.69) is 41.6 Å². The number of carbonyl (C=O) groups is 6. The zero-order valence-corrected chi connectivity index (χ0v) is 65.7. The molecule has 0 bridgehead atoms. The number of aliphatic carboxylic acids is 1. The molecule has 1 aliphatic carbocycles. The number of thiocarbonyl (C=S) groups is 1. The largest absolute Gasteiger partial charge is 0.508 e. The van der Waals surface area contributed by atoms with Gasteiger partial charge in [0.25, 0.3) is 11.8 Å². The van der Waals surface area contributed by atoms with Gasteiger partial charge in [-0.3, -0.25) is 39.3 Å². The molecule has 2 amide bonds. The van der Waals surface area contributed by atoms with Gasteiger partial charge in [-0.25, -0.2) is 14.6 Å². The van der Waals surface area contributed by atoms with Crippen LogP contribution in [0.5, 0.6) is 5.75 Å². The molecule has 0 spiro atoms. The van der Waals surface area contributed by atoms with Crippen molar-refractivity contribution in [3.05, 3.63) is 100 Å². The van der Waals surface area contributed by atoms with Crippen LogP contribution in [0.25, 0.3) is 33.4 Å². The molecule has 36 heteroatoms. The Labute approximate surface area is 672 Å². The van der Waals surface area contributed by atoms with E-state index in [-0.39, 0.29) is 82.4 Å². The molecule has 2 unspecified atom stereocenters. The van der Waals surface area contributed by atoms with Crippen LogP contribution in [0.4, 0.5) is 11.4 Å². The number of nitrogens with zero attached hydrogens (tertiary/aromatic N) is 3. The summed E-state index contributed by atoms with van der Waals surface area (Å²) in [4.78, 5) is 99.2. The van der Waals surface area contributed by atoms with Crippen molar-refractivity contribution >= 4 is 92.9 Å². The predicted molar refractivity (Wildman–Crippen MR) is 428 cm³/mol. The van der Waals surface area contributed by atoms with Crippen LogP contribution in [0.15, 0.2) is 103 Å². The van der Waals surface area contributed by atoms with E-state index in [4.69, 9.17) is 93.4 Å². The molecule has 3 aromatic carbocycles. The Kier molecular flexibility index (Phi) is 45.7. The maximum Gasteiger partial charge on any atom is 0.336 e. The molecule has 3 heterocycles. The number of carboxylic acid groups (broad SMARTS) is 2. The fourth-order valence-corrected chi connectivity index (χ4v) is 11.4. The first-order valence-corrected chi connectivity index (χ1v) is 39.0. The lowest BCUT2D eigenvalue weighted by atomic mass is 9.90. The van der Waals surface area contributed by atoms with E-state index in [0.717, 1.165) is 12.8 Å². The van der Waals surface area contributed by atoms with Gasteiger partial charge in [-0.05, 0) is 111 Å². The summed E-state index contributed by atoms with van der Waals surface area (Å²) in [5.41, 5.74) is 8.95. The molecule has 4 aliphatic rings. The lowest BCUT2D eigenvalue weighted by Gasteiger charge is -2.25. The highest BCUT2D eigenvalue weighted by atomic mass is 32.1. The van der Waals surface area contributed by atoms with Crippen molar-refractivity contribution in [3.63, 3.8) is 0 Å². The minimum absolute atomic E-state index is 0.00304. The van der Waals surface area contributed by atoms with E-state index in [1.807, 2.05) is 0 Å². The standard InChI is InChI=1S/C79H109N9O26S/c80-78-87-73-72(75(94)88-78)84-59(55-83-73)54-82-57-9-7-56(8-10-57)74(93)86-68(77(97)98)18-14-60(89)5-1-3-21-99-25-29-103-30-26-100-22-4-2-6-61(90)19-23-101-27-31-104-33-35-106-37-39-108-41-43-110-45-47-112-49-50-113-48-46-111-44-42-109-40-38-107-36-34-105-32-28-102-24-20-81-79(115)85-58-11-15-64(67(51-58)76(95)96)71-65-16-12-62(91)52-69(65)114-70-53-63(92)13-17-66(70)71/h7-13,15-17,51-53,55,68,72-73,82,91H,1-6,14,18-50,54H2,(H,86,93)(H,95,96)(H,97,98)(H2,81,85,115)(H3,80,87,88,94)/t68-,72?,73?/m0/s1. The van der Waals surface area contributed by atoms with Crippen molar-refractivity contribution in [1.29, 1.82) is 0 Å². The topological polar surface area (TPSA) is 455 Å². The van der Waals surface area contributed by atoms with Crippen LogP contribution in [0.2, 0.25) is 0 Å². The van der Waals surface area contributed by atoms with Gasteiger partial charge in [0.1, 0.15) is 34.7 Å². The molecule has 0 fully saturated rings. The number of unbranched alkanes of at least 4 members (excludes halogenated alkanes) is 2. The number of ketones is 2. The normalized spacial score (nSPS) is 14.1. The van der Waals surface area contributed by atoms with Crippen LogP contribution in [0, 0.1) is 0 Å². The summed E-state index contributed by atoms with van der Waals surface area (Å²) in [6, 6.07) is 18.0. The first-order chi connectivity index (χ1) is 56.1. The minimum Gasteiger partial charge on any atom is -0.508 e. The van der Waals surface area contributed by atoms with Crippen molar-refractivity contribution < 1.29 is 120 Å². The number of ether oxygens (including phenoxy) is 15. The minimum atomic E-state index is -1.24. The first-order valence-electron chi connectivity index (χ1n) is 38.5. The van der Waals surface area contributed by atoms with Gasteiger partial charge in [-0.2, -0.15) is 0 Å². The van der Waals surface area contributed by atoms with Crippen LogP contribution in [-0.2, 0) is 90.2 Å². The number of carboxylic acids is 2. The summed E-state index contributed by atoms with van der Waals surface area (Å²) < 4.78 is 89.3. The summed E-state index contributed by atoms with van der Waals surface area (Å²) in [5.74, 6) is -3.13. The third kappa shape index (κ3) is 38.1. The van der Waals surface area contributed by atoms with E-state index < -0.39 is 36.1 Å². The van der Waals surface area contributed by atoms with Crippen molar-refractivity contribution in [2.24, 2.45) is 20.7 Å². The number of Topliss-reactive ketones (excluding diaryl/α,β-unsaturated/α-hetero) is 2. The number of aliphatic imine (C=N–C) groups is 3. The second-order valence-corrected chi connectivity index (χ2v) is 26.2. The highest BCUT2D eigenvalue weighted by Gasteiger charge is 2.34. The fourth-order valence-electron chi connectivity index (χ4n) is 11.2. The Morgan fingerprint density at radius 2 is 1.00 bits per heavy atom. The van der Waals surface area contributed by atoms with Gasteiger partial charge in [-0.1, -0.05) is 6.07 Å². The van der Waals surface area contributed by atoms with Crippen LogP contribution < -0.4 is 37.7 Å². The first kappa shape index (κ1) is 93.2. The molecular formula is C79H109N9O26S. The Bertz CT molecular complexity index is 3870. The maximum atomic E-state index is 12.9. The Balaban J connectivity index is 0.517. The second kappa shape index (κ2) is 56.4. The van der Waals surface area contributed by atoms with Gasteiger partial charge in [-0.15, -0.1) is 0 Å². The summed E-state index contributed by atoms with van der Waals surface area (Å²) >= 11 is 5.44. The number of phenolic OH excluding ortho intramolecular Hbond substituents is 1. The molecule has 3 aromatic rings. The number of nitrogens with one attached hydrogen (secondary N) is 5. The van der Waals surface area contributed by atoms with Gasteiger partial charge in [0.15, 0.2) is 28.7 Å². The number of anilines is 2. The van der Waals surface area contributed by atoms with E-state index in [9.17, 15) is 48.9 Å².